The molecule has 1 aliphatic heterocycles. The zero-order chi connectivity index (χ0) is 22.9. The Morgan fingerprint density at radius 3 is 2.31 bits per heavy atom. The summed E-state index contributed by atoms with van der Waals surface area (Å²) in [7, 11) is 1.55. The molecule has 32 heavy (non-hydrogen) atoms. The van der Waals surface area contributed by atoms with Crippen LogP contribution in [0.3, 0.4) is 0 Å². The van der Waals surface area contributed by atoms with Gasteiger partial charge in [0, 0.05) is 37.9 Å². The summed E-state index contributed by atoms with van der Waals surface area (Å²) in [6.45, 7) is 1.61. The Kier molecular flexibility index (Phi) is 8.33. The van der Waals surface area contributed by atoms with Crippen molar-refractivity contribution in [1.82, 2.24) is 15.5 Å². The smallest absolute Gasteiger partial charge is 0.253 e. The van der Waals surface area contributed by atoms with Crippen LogP contribution in [0.5, 0.6) is 0 Å². The maximum Gasteiger partial charge on any atom is 0.253 e. The Labute approximate surface area is 186 Å². The first-order valence-corrected chi connectivity index (χ1v) is 10.7. The van der Waals surface area contributed by atoms with Crippen LogP contribution in [0.2, 0.25) is 0 Å². The van der Waals surface area contributed by atoms with Crippen molar-refractivity contribution < 1.29 is 23.5 Å². The van der Waals surface area contributed by atoms with Crippen LogP contribution in [0.4, 0.5) is 4.39 Å². The normalized spacial score (nSPS) is 15.1. The number of methoxy groups -OCH3 is 1. The highest BCUT2D eigenvalue weighted by atomic mass is 19.1. The molecule has 7 nitrogen and oxygen atoms in total. The molecule has 1 fully saturated rings. The number of carbonyl (C=O) groups excluding carboxylic acids is 3. The minimum absolute atomic E-state index is 0.123. The topological polar surface area (TPSA) is 87.7 Å². The number of nitrogens with one attached hydrogen (secondary N) is 2. The van der Waals surface area contributed by atoms with Crippen LogP contribution in [-0.4, -0.2) is 62.0 Å². The number of likely N-dealkylation sites (tertiary alicyclic amines) is 1. The number of carbonyl (C=O) groups is 3. The predicted molar refractivity (Wildman–Crippen MR) is 118 cm³/mol. The van der Waals surface area contributed by atoms with Crippen molar-refractivity contribution in [3.63, 3.8) is 0 Å². The van der Waals surface area contributed by atoms with Crippen LogP contribution in [0.1, 0.15) is 33.6 Å². The molecule has 0 aromatic heterocycles. The van der Waals surface area contributed by atoms with E-state index in [0.717, 1.165) is 0 Å². The first-order valence-electron chi connectivity index (χ1n) is 10.7. The van der Waals surface area contributed by atoms with Crippen molar-refractivity contribution in [2.45, 2.75) is 18.9 Å². The lowest BCUT2D eigenvalue weighted by molar-refractivity contribution is -0.124. The van der Waals surface area contributed by atoms with Gasteiger partial charge in [0.1, 0.15) is 11.9 Å². The van der Waals surface area contributed by atoms with Gasteiger partial charge >= 0.3 is 0 Å². The molecule has 3 amide bonds. The Balaban J connectivity index is 1.65. The van der Waals surface area contributed by atoms with Crippen molar-refractivity contribution in [2.24, 2.45) is 5.92 Å². The van der Waals surface area contributed by atoms with Crippen LogP contribution in [0.25, 0.3) is 0 Å². The quantitative estimate of drug-likeness (QED) is 0.615. The SMILES string of the molecule is COCCNC(=O)[C@H](NC(=O)c1ccccc1)C1CCN(C(=O)c2ccc(F)cc2)CC1. The third-order valence-corrected chi connectivity index (χ3v) is 5.60. The van der Waals surface area contributed by atoms with Crippen LogP contribution in [-0.2, 0) is 9.53 Å². The molecule has 0 saturated carbocycles. The Hall–Kier alpha value is -3.26. The maximum absolute atomic E-state index is 13.1. The fourth-order valence-corrected chi connectivity index (χ4v) is 3.81. The van der Waals surface area contributed by atoms with E-state index in [1.165, 1.54) is 24.3 Å². The molecule has 0 bridgehead atoms. The summed E-state index contributed by atoms with van der Waals surface area (Å²) in [4.78, 5) is 40.0. The zero-order valence-corrected chi connectivity index (χ0v) is 18.1. The van der Waals surface area contributed by atoms with E-state index in [-0.39, 0.29) is 23.6 Å². The third-order valence-electron chi connectivity index (χ3n) is 5.60. The molecule has 0 spiro atoms. The molecule has 8 heteroatoms. The minimum Gasteiger partial charge on any atom is -0.383 e. The Morgan fingerprint density at radius 1 is 1.03 bits per heavy atom. The van der Waals surface area contributed by atoms with Crippen molar-refractivity contribution in [3.05, 3.63) is 71.5 Å². The number of halogens is 1. The van der Waals surface area contributed by atoms with Gasteiger partial charge in [0.05, 0.1) is 6.61 Å². The molecule has 1 saturated heterocycles. The van der Waals surface area contributed by atoms with E-state index < -0.39 is 11.9 Å². The second-order valence-electron chi connectivity index (χ2n) is 7.74. The molecule has 2 aromatic rings. The second kappa shape index (κ2) is 11.4. The van der Waals surface area contributed by atoms with Crippen LogP contribution in [0, 0.1) is 11.7 Å². The molecular formula is C24H28FN3O4. The number of ether oxygens (including phenoxy) is 1. The van der Waals surface area contributed by atoms with E-state index >= 15 is 0 Å². The van der Waals surface area contributed by atoms with Crippen molar-refractivity contribution in [3.8, 4) is 0 Å². The van der Waals surface area contributed by atoms with Gasteiger partial charge in [-0.1, -0.05) is 18.2 Å². The summed E-state index contributed by atoms with van der Waals surface area (Å²) in [5.74, 6) is -1.27. The van der Waals surface area contributed by atoms with E-state index in [4.69, 9.17) is 4.74 Å². The lowest BCUT2D eigenvalue weighted by atomic mass is 9.88. The first-order chi connectivity index (χ1) is 15.5. The minimum atomic E-state index is -0.720. The molecule has 1 heterocycles. The summed E-state index contributed by atoms with van der Waals surface area (Å²) in [6, 6.07) is 13.5. The second-order valence-corrected chi connectivity index (χ2v) is 7.74. The molecule has 170 valence electrons. The molecular weight excluding hydrogens is 413 g/mol. The largest absolute Gasteiger partial charge is 0.383 e. The number of piperidine rings is 1. The maximum atomic E-state index is 13.1. The molecule has 2 N–H and O–H groups in total. The molecule has 0 radical (unpaired) electrons. The van der Waals surface area contributed by atoms with Gasteiger partial charge in [-0.05, 0) is 55.2 Å². The van der Waals surface area contributed by atoms with E-state index in [1.807, 2.05) is 6.07 Å². The zero-order valence-electron chi connectivity index (χ0n) is 18.1. The van der Waals surface area contributed by atoms with Crippen molar-refractivity contribution in [1.29, 1.82) is 0 Å². The summed E-state index contributed by atoms with van der Waals surface area (Å²) < 4.78 is 18.1. The molecule has 2 aromatic carbocycles. The monoisotopic (exact) mass is 441 g/mol. The van der Waals surface area contributed by atoms with Gasteiger partial charge in [-0.25, -0.2) is 4.39 Å². The lowest BCUT2D eigenvalue weighted by Crippen LogP contribution is -2.54. The molecule has 0 aliphatic carbocycles. The van der Waals surface area contributed by atoms with Gasteiger partial charge in [0.15, 0.2) is 0 Å². The summed E-state index contributed by atoms with van der Waals surface area (Å²) in [5.41, 5.74) is 0.905. The predicted octanol–water partition coefficient (Wildman–Crippen LogP) is 2.24. The third kappa shape index (κ3) is 6.13. The summed E-state index contributed by atoms with van der Waals surface area (Å²) in [5, 5.41) is 5.68. The fourth-order valence-electron chi connectivity index (χ4n) is 3.81. The number of benzene rings is 2. The van der Waals surface area contributed by atoms with Gasteiger partial charge in [-0.2, -0.15) is 0 Å². The average molecular weight is 442 g/mol. The van der Waals surface area contributed by atoms with Crippen molar-refractivity contribution >= 4 is 17.7 Å². The molecule has 1 atom stereocenters. The molecule has 0 unspecified atom stereocenters. The number of nitrogens with zero attached hydrogens (tertiary/aromatic N) is 1. The van der Waals surface area contributed by atoms with Gasteiger partial charge in [-0.3, -0.25) is 14.4 Å². The van der Waals surface area contributed by atoms with E-state index in [0.29, 0.717) is 50.2 Å². The van der Waals surface area contributed by atoms with Crippen LogP contribution in [0.15, 0.2) is 54.6 Å². The Morgan fingerprint density at radius 2 is 1.69 bits per heavy atom. The number of rotatable bonds is 8. The number of hydrogen-bond acceptors (Lipinski definition) is 4. The molecule has 1 aliphatic rings. The Bertz CT molecular complexity index is 913. The van der Waals surface area contributed by atoms with Crippen molar-refractivity contribution in [2.75, 3.05) is 33.4 Å². The highest BCUT2D eigenvalue weighted by Gasteiger charge is 2.34. The standard InChI is InChI=1S/C24H28FN3O4/c1-32-16-13-26-23(30)21(27-22(29)18-5-3-2-4-6-18)17-11-14-28(15-12-17)24(31)19-7-9-20(25)10-8-19/h2-10,17,21H,11-16H2,1H3,(H,26,30)(H,27,29)/t21-/m1/s1. The van der Waals surface area contributed by atoms with Gasteiger partial charge in [0.2, 0.25) is 5.91 Å². The van der Waals surface area contributed by atoms with Gasteiger partial charge in [0.25, 0.3) is 11.8 Å². The van der Waals surface area contributed by atoms with E-state index in [9.17, 15) is 18.8 Å². The van der Waals surface area contributed by atoms with Crippen LogP contribution >= 0.6 is 0 Å². The van der Waals surface area contributed by atoms with Gasteiger partial charge < -0.3 is 20.3 Å². The lowest BCUT2D eigenvalue weighted by Gasteiger charge is -2.36. The molecule has 3 rings (SSSR count). The van der Waals surface area contributed by atoms with Gasteiger partial charge in [-0.15, -0.1) is 0 Å². The highest BCUT2D eigenvalue weighted by Crippen LogP contribution is 2.23. The highest BCUT2D eigenvalue weighted by molar-refractivity contribution is 5.97. The summed E-state index contributed by atoms with van der Waals surface area (Å²) in [6.07, 6.45) is 1.12. The van der Waals surface area contributed by atoms with E-state index in [2.05, 4.69) is 10.6 Å². The summed E-state index contributed by atoms with van der Waals surface area (Å²) >= 11 is 0. The van der Waals surface area contributed by atoms with E-state index in [1.54, 1.807) is 36.3 Å². The average Bonchev–Trinajstić information content (AvgIpc) is 2.83. The fraction of sp³-hybridized carbons (Fsp3) is 0.375. The van der Waals surface area contributed by atoms with Crippen LogP contribution < -0.4 is 10.6 Å². The number of amides is 3. The number of hydrogen-bond donors (Lipinski definition) is 2. The first kappa shape index (κ1) is 23.4.